The Hall–Kier alpha value is -1.33. The largest absolute Gasteiger partial charge is 0.377 e. The van der Waals surface area contributed by atoms with Crippen LogP contribution >= 0.6 is 11.3 Å². The van der Waals surface area contributed by atoms with Gasteiger partial charge in [-0.25, -0.2) is 8.42 Å². The second kappa shape index (κ2) is 5.75. The molecular formula is C14H17NO2S2. The van der Waals surface area contributed by atoms with E-state index in [2.05, 4.69) is 5.32 Å². The van der Waals surface area contributed by atoms with Crippen molar-refractivity contribution in [3.8, 4) is 0 Å². The number of hydrogen-bond acceptors (Lipinski definition) is 4. The van der Waals surface area contributed by atoms with Crippen molar-refractivity contribution in [1.29, 1.82) is 0 Å². The highest BCUT2D eigenvalue weighted by Crippen LogP contribution is 2.28. The molecule has 3 nitrogen and oxygen atoms in total. The fourth-order valence-electron chi connectivity index (χ4n) is 1.85. The normalized spacial score (nSPS) is 13.2. The molecule has 0 spiro atoms. The number of hydrogen-bond donors (Lipinski definition) is 1. The van der Waals surface area contributed by atoms with E-state index in [1.165, 1.54) is 4.88 Å². The number of thiophene rings is 1. The summed E-state index contributed by atoms with van der Waals surface area (Å²) < 4.78 is 24.1. The molecule has 0 saturated heterocycles. The van der Waals surface area contributed by atoms with Gasteiger partial charge in [0.2, 0.25) is 0 Å². The van der Waals surface area contributed by atoms with Gasteiger partial charge in [0.15, 0.2) is 9.84 Å². The van der Waals surface area contributed by atoms with Crippen molar-refractivity contribution in [2.45, 2.75) is 24.8 Å². The highest BCUT2D eigenvalue weighted by Gasteiger charge is 2.17. The summed E-state index contributed by atoms with van der Waals surface area (Å²) in [5, 5.41) is 5.30. The Bertz CT molecular complexity index is 633. The molecule has 0 bridgehead atoms. The van der Waals surface area contributed by atoms with E-state index < -0.39 is 9.84 Å². The van der Waals surface area contributed by atoms with Crippen molar-refractivity contribution >= 4 is 26.9 Å². The molecule has 0 aliphatic heterocycles. The molecule has 1 N–H and O–H groups in total. The van der Waals surface area contributed by atoms with Crippen LogP contribution in [0.5, 0.6) is 0 Å². The summed E-state index contributed by atoms with van der Waals surface area (Å²) in [6.07, 6.45) is 0. The Labute approximate surface area is 118 Å². The molecule has 0 saturated carbocycles. The molecule has 5 heteroatoms. The van der Waals surface area contributed by atoms with Gasteiger partial charge in [-0.15, -0.1) is 11.3 Å². The van der Waals surface area contributed by atoms with E-state index >= 15 is 0 Å². The van der Waals surface area contributed by atoms with Crippen molar-refractivity contribution in [2.75, 3.05) is 11.1 Å². The summed E-state index contributed by atoms with van der Waals surface area (Å²) >= 11 is 1.66. The van der Waals surface area contributed by atoms with Crippen molar-refractivity contribution in [2.24, 2.45) is 0 Å². The van der Waals surface area contributed by atoms with Crippen LogP contribution in [0.2, 0.25) is 0 Å². The molecule has 102 valence electrons. The van der Waals surface area contributed by atoms with Crippen molar-refractivity contribution in [3.05, 3.63) is 46.7 Å². The van der Waals surface area contributed by atoms with Crippen LogP contribution in [0, 0.1) is 0 Å². The van der Waals surface area contributed by atoms with E-state index in [0.717, 1.165) is 0 Å². The van der Waals surface area contributed by atoms with Gasteiger partial charge in [-0.3, -0.25) is 0 Å². The van der Waals surface area contributed by atoms with Gasteiger partial charge in [0, 0.05) is 4.88 Å². The standard InChI is InChI=1S/C14H17NO2S2/c1-3-19(16,17)14-9-5-4-7-12(14)15-11(2)13-8-6-10-18-13/h4-11,15H,3H2,1-2H3. The third-order valence-corrected chi connectivity index (χ3v) is 5.79. The summed E-state index contributed by atoms with van der Waals surface area (Å²) in [6, 6.07) is 11.2. The topological polar surface area (TPSA) is 46.2 Å². The summed E-state index contributed by atoms with van der Waals surface area (Å²) in [5.74, 6) is 0.110. The average molecular weight is 295 g/mol. The minimum absolute atomic E-state index is 0.0909. The summed E-state index contributed by atoms with van der Waals surface area (Å²) in [6.45, 7) is 3.69. The van der Waals surface area contributed by atoms with Gasteiger partial charge in [0.1, 0.15) is 0 Å². The van der Waals surface area contributed by atoms with Crippen molar-refractivity contribution < 1.29 is 8.42 Å². The van der Waals surface area contributed by atoms with Crippen LogP contribution in [0.15, 0.2) is 46.7 Å². The number of anilines is 1. The fraction of sp³-hybridized carbons (Fsp3) is 0.286. The van der Waals surface area contributed by atoms with Gasteiger partial charge in [-0.05, 0) is 30.5 Å². The van der Waals surface area contributed by atoms with E-state index in [1.54, 1.807) is 30.4 Å². The van der Waals surface area contributed by atoms with Crippen LogP contribution in [-0.2, 0) is 9.84 Å². The summed E-state index contributed by atoms with van der Waals surface area (Å²) in [4.78, 5) is 1.56. The van der Waals surface area contributed by atoms with Gasteiger partial charge in [0.25, 0.3) is 0 Å². The van der Waals surface area contributed by atoms with Gasteiger partial charge in [-0.2, -0.15) is 0 Å². The van der Waals surface area contributed by atoms with Gasteiger partial charge in [0.05, 0.1) is 22.4 Å². The van der Waals surface area contributed by atoms with Crippen LogP contribution in [0.4, 0.5) is 5.69 Å². The minimum Gasteiger partial charge on any atom is -0.377 e. The summed E-state index contributed by atoms with van der Waals surface area (Å²) in [7, 11) is -3.20. The molecular weight excluding hydrogens is 278 g/mol. The molecule has 1 aromatic heterocycles. The third-order valence-electron chi connectivity index (χ3n) is 2.94. The van der Waals surface area contributed by atoms with E-state index in [4.69, 9.17) is 0 Å². The van der Waals surface area contributed by atoms with Crippen LogP contribution in [0.3, 0.4) is 0 Å². The Morgan fingerprint density at radius 3 is 2.58 bits per heavy atom. The van der Waals surface area contributed by atoms with Gasteiger partial charge >= 0.3 is 0 Å². The zero-order valence-electron chi connectivity index (χ0n) is 11.0. The maximum atomic E-state index is 12.1. The molecule has 0 aliphatic carbocycles. The second-order valence-electron chi connectivity index (χ2n) is 4.28. The minimum atomic E-state index is -3.20. The summed E-state index contributed by atoms with van der Waals surface area (Å²) in [5.41, 5.74) is 0.672. The Kier molecular flexibility index (Phi) is 4.27. The average Bonchev–Trinajstić information content (AvgIpc) is 2.93. The third kappa shape index (κ3) is 3.16. The Morgan fingerprint density at radius 1 is 1.21 bits per heavy atom. The molecule has 0 fully saturated rings. The molecule has 1 atom stereocenters. The first-order chi connectivity index (χ1) is 9.04. The van der Waals surface area contributed by atoms with Crippen LogP contribution < -0.4 is 5.32 Å². The van der Waals surface area contributed by atoms with Crippen molar-refractivity contribution in [3.63, 3.8) is 0 Å². The maximum Gasteiger partial charge on any atom is 0.180 e. The molecule has 1 unspecified atom stereocenters. The predicted octanol–water partition coefficient (Wildman–Crippen LogP) is 3.71. The highest BCUT2D eigenvalue weighted by atomic mass is 32.2. The Balaban J connectivity index is 2.31. The fourth-order valence-corrected chi connectivity index (χ4v) is 3.65. The smallest absolute Gasteiger partial charge is 0.180 e. The highest BCUT2D eigenvalue weighted by molar-refractivity contribution is 7.91. The first kappa shape index (κ1) is 14.1. The van der Waals surface area contributed by atoms with E-state index in [9.17, 15) is 8.42 Å². The lowest BCUT2D eigenvalue weighted by Gasteiger charge is -2.16. The first-order valence-corrected chi connectivity index (χ1v) is 8.69. The molecule has 0 amide bonds. The van der Waals surface area contributed by atoms with E-state index in [1.807, 2.05) is 36.6 Å². The molecule has 0 aliphatic rings. The zero-order valence-corrected chi connectivity index (χ0v) is 12.6. The predicted molar refractivity (Wildman–Crippen MR) is 80.5 cm³/mol. The SMILES string of the molecule is CCS(=O)(=O)c1ccccc1NC(C)c1cccs1. The van der Waals surface area contributed by atoms with Crippen LogP contribution in [-0.4, -0.2) is 14.2 Å². The number of para-hydroxylation sites is 1. The van der Waals surface area contributed by atoms with Crippen LogP contribution in [0.1, 0.15) is 24.8 Å². The van der Waals surface area contributed by atoms with Gasteiger partial charge < -0.3 is 5.32 Å². The molecule has 2 rings (SSSR count). The van der Waals surface area contributed by atoms with E-state index in [0.29, 0.717) is 10.6 Å². The number of nitrogens with one attached hydrogen (secondary N) is 1. The Morgan fingerprint density at radius 2 is 1.95 bits per heavy atom. The van der Waals surface area contributed by atoms with Crippen LogP contribution in [0.25, 0.3) is 0 Å². The van der Waals surface area contributed by atoms with E-state index in [-0.39, 0.29) is 11.8 Å². The quantitative estimate of drug-likeness (QED) is 0.914. The lowest BCUT2D eigenvalue weighted by atomic mass is 10.2. The lowest BCUT2D eigenvalue weighted by Crippen LogP contribution is -2.11. The monoisotopic (exact) mass is 295 g/mol. The zero-order chi connectivity index (χ0) is 13.9. The van der Waals surface area contributed by atoms with Crippen molar-refractivity contribution in [1.82, 2.24) is 0 Å². The number of rotatable bonds is 5. The molecule has 2 aromatic rings. The molecule has 1 aromatic carbocycles. The first-order valence-electron chi connectivity index (χ1n) is 6.16. The number of sulfone groups is 1. The molecule has 19 heavy (non-hydrogen) atoms. The maximum absolute atomic E-state index is 12.1. The second-order valence-corrected chi connectivity index (χ2v) is 7.51. The molecule has 0 radical (unpaired) electrons. The lowest BCUT2D eigenvalue weighted by molar-refractivity contribution is 0.597. The molecule has 1 heterocycles. The van der Waals surface area contributed by atoms with Gasteiger partial charge in [-0.1, -0.05) is 25.1 Å². The number of benzene rings is 1.